The van der Waals surface area contributed by atoms with E-state index in [0.717, 1.165) is 37.5 Å². The minimum Gasteiger partial charge on any atom is -0.489 e. The van der Waals surface area contributed by atoms with E-state index in [0.29, 0.717) is 12.5 Å². The van der Waals surface area contributed by atoms with Crippen LogP contribution in [0.15, 0.2) is 24.5 Å². The molecule has 2 aromatic rings. The van der Waals surface area contributed by atoms with Gasteiger partial charge in [-0.1, -0.05) is 13.8 Å². The fourth-order valence-corrected chi connectivity index (χ4v) is 3.89. The van der Waals surface area contributed by atoms with Crippen molar-refractivity contribution in [2.45, 2.75) is 52.3 Å². The smallest absolute Gasteiger partial charge is 0.217 e. The lowest BCUT2D eigenvalue weighted by molar-refractivity contribution is -0.119. The molecular weight excluding hydrogens is 348 g/mol. The van der Waals surface area contributed by atoms with Crippen LogP contribution in [0.25, 0.3) is 0 Å². The summed E-state index contributed by atoms with van der Waals surface area (Å²) in [7, 11) is 0. The lowest BCUT2D eigenvalue weighted by Crippen LogP contribution is -2.24. The van der Waals surface area contributed by atoms with Gasteiger partial charge in [0.2, 0.25) is 5.91 Å². The standard InChI is InChI=1S/C19H26N4O2S/c1-13(2)18-10-22-19(26-18)12-23-7-5-17(11-23)25-16-4-6-20-15(8-16)9-21-14(3)24/h4,6,8,10,13,17H,5,7,9,11-12H2,1-3H3,(H,21,24). The molecule has 1 N–H and O–H groups in total. The Balaban J connectivity index is 1.51. The van der Waals surface area contributed by atoms with Crippen molar-refractivity contribution in [1.29, 1.82) is 0 Å². The second-order valence-corrected chi connectivity index (χ2v) is 8.11. The van der Waals surface area contributed by atoms with Crippen molar-refractivity contribution in [3.8, 4) is 5.75 Å². The van der Waals surface area contributed by atoms with Gasteiger partial charge in [-0.05, 0) is 18.4 Å². The van der Waals surface area contributed by atoms with Gasteiger partial charge in [0.05, 0.1) is 18.8 Å². The number of likely N-dealkylation sites (tertiary alicyclic amines) is 1. The number of nitrogens with zero attached hydrogens (tertiary/aromatic N) is 3. The van der Waals surface area contributed by atoms with Crippen molar-refractivity contribution in [2.75, 3.05) is 13.1 Å². The average Bonchev–Trinajstić information content (AvgIpc) is 3.23. The highest BCUT2D eigenvalue weighted by molar-refractivity contribution is 7.11. The monoisotopic (exact) mass is 374 g/mol. The second-order valence-electron chi connectivity index (χ2n) is 6.97. The fourth-order valence-electron chi connectivity index (χ4n) is 2.93. The predicted octanol–water partition coefficient (Wildman–Crippen LogP) is 2.95. The molecule has 0 aliphatic carbocycles. The second kappa shape index (κ2) is 8.60. The Hall–Kier alpha value is -1.99. The van der Waals surface area contributed by atoms with Gasteiger partial charge in [0.25, 0.3) is 0 Å². The number of carbonyl (C=O) groups excluding carboxylic acids is 1. The summed E-state index contributed by atoms with van der Waals surface area (Å²) in [4.78, 5) is 23.6. The molecule has 140 valence electrons. The van der Waals surface area contributed by atoms with Crippen LogP contribution in [-0.4, -0.2) is 40.0 Å². The SMILES string of the molecule is CC(=O)NCc1cc(OC2CCN(Cc3ncc(C(C)C)s3)C2)ccn1. The van der Waals surface area contributed by atoms with Crippen molar-refractivity contribution in [3.05, 3.63) is 40.1 Å². The Labute approximate surface area is 158 Å². The molecule has 0 aromatic carbocycles. The summed E-state index contributed by atoms with van der Waals surface area (Å²) in [5.41, 5.74) is 0.802. The van der Waals surface area contributed by atoms with E-state index in [1.807, 2.05) is 18.3 Å². The van der Waals surface area contributed by atoms with Gasteiger partial charge in [-0.2, -0.15) is 0 Å². The number of hydrogen-bond donors (Lipinski definition) is 1. The van der Waals surface area contributed by atoms with E-state index in [9.17, 15) is 4.79 Å². The summed E-state index contributed by atoms with van der Waals surface area (Å²) in [6, 6.07) is 3.77. The first kappa shape index (κ1) is 18.8. The molecule has 3 heterocycles. The zero-order valence-electron chi connectivity index (χ0n) is 15.6. The van der Waals surface area contributed by atoms with E-state index < -0.39 is 0 Å². The van der Waals surface area contributed by atoms with E-state index in [1.165, 1.54) is 16.8 Å². The summed E-state index contributed by atoms with van der Waals surface area (Å²) in [5.74, 6) is 1.28. The molecule has 0 radical (unpaired) electrons. The van der Waals surface area contributed by atoms with Crippen LogP contribution in [0.3, 0.4) is 0 Å². The van der Waals surface area contributed by atoms with E-state index in [1.54, 1.807) is 17.5 Å². The number of rotatable bonds is 7. The molecule has 3 rings (SSSR count). The van der Waals surface area contributed by atoms with E-state index in [2.05, 4.69) is 34.0 Å². The van der Waals surface area contributed by atoms with Crippen molar-refractivity contribution >= 4 is 17.2 Å². The lowest BCUT2D eigenvalue weighted by atomic mass is 10.2. The van der Waals surface area contributed by atoms with Gasteiger partial charge in [-0.15, -0.1) is 11.3 Å². The average molecular weight is 375 g/mol. The summed E-state index contributed by atoms with van der Waals surface area (Å²) < 4.78 is 6.12. The number of nitrogens with one attached hydrogen (secondary N) is 1. The highest BCUT2D eigenvalue weighted by Crippen LogP contribution is 2.25. The van der Waals surface area contributed by atoms with Crippen LogP contribution >= 0.6 is 11.3 Å². The molecular formula is C19H26N4O2S. The molecule has 1 amide bonds. The van der Waals surface area contributed by atoms with Gasteiger partial charge < -0.3 is 10.1 Å². The highest BCUT2D eigenvalue weighted by Gasteiger charge is 2.25. The Morgan fingerprint density at radius 3 is 3.04 bits per heavy atom. The third kappa shape index (κ3) is 5.25. The molecule has 0 bridgehead atoms. The molecule has 26 heavy (non-hydrogen) atoms. The summed E-state index contributed by atoms with van der Waals surface area (Å²) >= 11 is 1.81. The third-order valence-electron chi connectivity index (χ3n) is 4.34. The molecule has 1 saturated heterocycles. The van der Waals surface area contributed by atoms with E-state index in [-0.39, 0.29) is 12.0 Å². The van der Waals surface area contributed by atoms with Crippen LogP contribution in [0.2, 0.25) is 0 Å². The van der Waals surface area contributed by atoms with Gasteiger partial charge in [-0.3, -0.25) is 14.7 Å². The van der Waals surface area contributed by atoms with Crippen LogP contribution in [0.5, 0.6) is 5.75 Å². The minimum absolute atomic E-state index is 0.0626. The third-order valence-corrected chi connectivity index (χ3v) is 5.62. The maximum Gasteiger partial charge on any atom is 0.217 e. The van der Waals surface area contributed by atoms with Crippen molar-refractivity contribution < 1.29 is 9.53 Å². The number of pyridine rings is 1. The maximum absolute atomic E-state index is 11.0. The van der Waals surface area contributed by atoms with Crippen LogP contribution in [0, 0.1) is 0 Å². The molecule has 0 saturated carbocycles. The Morgan fingerprint density at radius 1 is 1.46 bits per heavy atom. The van der Waals surface area contributed by atoms with E-state index >= 15 is 0 Å². The molecule has 1 aliphatic heterocycles. The zero-order chi connectivity index (χ0) is 18.5. The zero-order valence-corrected chi connectivity index (χ0v) is 16.4. The molecule has 7 heteroatoms. The fraction of sp³-hybridized carbons (Fsp3) is 0.526. The normalized spacial score (nSPS) is 17.6. The number of carbonyl (C=O) groups is 1. The highest BCUT2D eigenvalue weighted by atomic mass is 32.1. The van der Waals surface area contributed by atoms with Crippen LogP contribution in [-0.2, 0) is 17.9 Å². The first-order valence-corrected chi connectivity index (χ1v) is 9.84. The van der Waals surface area contributed by atoms with Crippen molar-refractivity contribution in [1.82, 2.24) is 20.2 Å². The number of amides is 1. The quantitative estimate of drug-likeness (QED) is 0.807. The van der Waals surface area contributed by atoms with Crippen LogP contribution < -0.4 is 10.1 Å². The van der Waals surface area contributed by atoms with Gasteiger partial charge in [0.1, 0.15) is 16.9 Å². The van der Waals surface area contributed by atoms with Gasteiger partial charge in [0, 0.05) is 43.4 Å². The largest absolute Gasteiger partial charge is 0.489 e. The molecule has 1 unspecified atom stereocenters. The first-order valence-electron chi connectivity index (χ1n) is 9.02. The van der Waals surface area contributed by atoms with Gasteiger partial charge in [0.15, 0.2) is 0 Å². The van der Waals surface area contributed by atoms with Crippen LogP contribution in [0.1, 0.15) is 48.7 Å². The Kier molecular flexibility index (Phi) is 6.21. The van der Waals surface area contributed by atoms with Gasteiger partial charge in [-0.25, -0.2) is 4.98 Å². The molecule has 6 nitrogen and oxygen atoms in total. The first-order chi connectivity index (χ1) is 12.5. The van der Waals surface area contributed by atoms with Crippen molar-refractivity contribution in [2.24, 2.45) is 0 Å². The predicted molar refractivity (Wildman–Crippen MR) is 102 cm³/mol. The Bertz CT molecular complexity index is 747. The van der Waals surface area contributed by atoms with Crippen molar-refractivity contribution in [3.63, 3.8) is 0 Å². The van der Waals surface area contributed by atoms with Crippen LogP contribution in [0.4, 0.5) is 0 Å². The number of ether oxygens (including phenoxy) is 1. The lowest BCUT2D eigenvalue weighted by Gasteiger charge is -2.16. The number of thiazole rings is 1. The molecule has 1 aliphatic rings. The molecule has 2 aromatic heterocycles. The van der Waals surface area contributed by atoms with Gasteiger partial charge >= 0.3 is 0 Å². The summed E-state index contributed by atoms with van der Waals surface area (Å²) in [6.07, 6.45) is 4.91. The number of aromatic nitrogens is 2. The minimum atomic E-state index is -0.0626. The summed E-state index contributed by atoms with van der Waals surface area (Å²) in [5, 5.41) is 3.93. The molecule has 0 spiro atoms. The maximum atomic E-state index is 11.0. The molecule has 1 atom stereocenters. The Morgan fingerprint density at radius 2 is 2.31 bits per heavy atom. The molecule has 1 fully saturated rings. The number of hydrogen-bond acceptors (Lipinski definition) is 6. The van der Waals surface area contributed by atoms with E-state index in [4.69, 9.17) is 4.74 Å². The topological polar surface area (TPSA) is 67.3 Å². The summed E-state index contributed by atoms with van der Waals surface area (Å²) in [6.45, 7) is 9.13.